The first-order chi connectivity index (χ1) is 13.6. The summed E-state index contributed by atoms with van der Waals surface area (Å²) in [4.78, 5) is 31.8. The Bertz CT molecular complexity index is 781. The zero-order valence-electron chi connectivity index (χ0n) is 16.5. The van der Waals surface area contributed by atoms with Gasteiger partial charge >= 0.3 is 0 Å². The molecule has 0 bridgehead atoms. The van der Waals surface area contributed by atoms with Gasteiger partial charge in [0.25, 0.3) is 0 Å². The molecule has 2 heterocycles. The van der Waals surface area contributed by atoms with E-state index < -0.39 is 0 Å². The number of nitrogens with zero attached hydrogens (tertiary/aromatic N) is 7. The van der Waals surface area contributed by atoms with Gasteiger partial charge in [0.05, 0.1) is 6.54 Å². The van der Waals surface area contributed by atoms with Crippen LogP contribution in [0.25, 0.3) is 11.4 Å². The second kappa shape index (κ2) is 9.41. The maximum atomic E-state index is 12.5. The summed E-state index contributed by atoms with van der Waals surface area (Å²) in [6, 6.07) is 9.55. The lowest BCUT2D eigenvalue weighted by Crippen LogP contribution is -2.52. The Morgan fingerprint density at radius 2 is 1.68 bits per heavy atom. The number of hydrogen-bond acceptors (Lipinski definition) is 6. The van der Waals surface area contributed by atoms with Crippen LogP contribution in [0.3, 0.4) is 0 Å². The maximum absolute atomic E-state index is 12.5. The highest BCUT2D eigenvalue weighted by Crippen LogP contribution is 2.12. The van der Waals surface area contributed by atoms with Crippen molar-refractivity contribution < 1.29 is 9.59 Å². The number of benzene rings is 1. The molecule has 0 radical (unpaired) electrons. The van der Waals surface area contributed by atoms with Crippen LogP contribution in [-0.2, 0) is 16.1 Å². The van der Waals surface area contributed by atoms with Crippen LogP contribution in [0, 0.1) is 0 Å². The summed E-state index contributed by atoms with van der Waals surface area (Å²) in [5, 5.41) is 12.3. The minimum Gasteiger partial charge on any atom is -0.342 e. The van der Waals surface area contributed by atoms with Gasteiger partial charge in [0.15, 0.2) is 0 Å². The molecule has 1 saturated heterocycles. The second-order valence-corrected chi connectivity index (χ2v) is 6.73. The highest BCUT2D eigenvalue weighted by molar-refractivity contribution is 5.78. The van der Waals surface area contributed by atoms with E-state index in [1.165, 1.54) is 4.80 Å². The average Bonchev–Trinajstić information content (AvgIpc) is 3.18. The molecule has 0 spiro atoms. The summed E-state index contributed by atoms with van der Waals surface area (Å²) in [5.74, 6) is 0.616. The van der Waals surface area contributed by atoms with Crippen LogP contribution in [0.5, 0.6) is 0 Å². The summed E-state index contributed by atoms with van der Waals surface area (Å²) < 4.78 is 0. The monoisotopic (exact) mass is 385 g/mol. The van der Waals surface area contributed by atoms with Gasteiger partial charge in [-0.25, -0.2) is 0 Å². The van der Waals surface area contributed by atoms with Crippen molar-refractivity contribution in [3.63, 3.8) is 0 Å². The molecule has 0 N–H and O–H groups in total. The number of tetrazole rings is 1. The molecule has 1 aromatic heterocycles. The highest BCUT2D eigenvalue weighted by Gasteiger charge is 2.24. The smallest absolute Gasteiger partial charge is 0.246 e. The van der Waals surface area contributed by atoms with Gasteiger partial charge in [-0.15, -0.1) is 10.2 Å². The van der Waals surface area contributed by atoms with Crippen LogP contribution in [0.1, 0.15) is 13.8 Å². The predicted molar refractivity (Wildman–Crippen MR) is 104 cm³/mol. The molecule has 9 nitrogen and oxygen atoms in total. The molecular formula is C19H27N7O2. The lowest BCUT2D eigenvalue weighted by Gasteiger charge is -2.35. The summed E-state index contributed by atoms with van der Waals surface area (Å²) in [5.41, 5.74) is 0.868. The Morgan fingerprint density at radius 1 is 1.00 bits per heavy atom. The first kappa shape index (κ1) is 19.9. The van der Waals surface area contributed by atoms with Gasteiger partial charge in [0.1, 0.15) is 6.54 Å². The van der Waals surface area contributed by atoms with Gasteiger partial charge in [0, 0.05) is 44.8 Å². The van der Waals surface area contributed by atoms with Crippen LogP contribution >= 0.6 is 0 Å². The zero-order chi connectivity index (χ0) is 19.9. The number of piperazine rings is 1. The van der Waals surface area contributed by atoms with Crippen molar-refractivity contribution in [3.8, 4) is 11.4 Å². The molecule has 1 aromatic carbocycles. The Balaban J connectivity index is 1.48. The lowest BCUT2D eigenvalue weighted by molar-refractivity contribution is -0.135. The standard InChI is InChI=1S/C19H27N7O2/c1-3-24(4-2)17(27)14-23-10-12-25(13-11-23)18(28)15-26-21-19(20-22-26)16-8-6-5-7-9-16/h5-9H,3-4,10-15H2,1-2H3. The zero-order valence-corrected chi connectivity index (χ0v) is 16.5. The number of hydrogen-bond donors (Lipinski definition) is 0. The average molecular weight is 385 g/mol. The van der Waals surface area contributed by atoms with Crippen molar-refractivity contribution in [1.82, 2.24) is 34.9 Å². The predicted octanol–water partition coefficient (Wildman–Crippen LogP) is 0.353. The largest absolute Gasteiger partial charge is 0.342 e. The lowest BCUT2D eigenvalue weighted by atomic mass is 10.2. The number of carbonyl (C=O) groups excluding carboxylic acids is 2. The molecular weight excluding hydrogens is 358 g/mol. The van der Waals surface area contributed by atoms with E-state index in [-0.39, 0.29) is 18.4 Å². The fourth-order valence-corrected chi connectivity index (χ4v) is 3.26. The molecule has 2 aromatic rings. The fourth-order valence-electron chi connectivity index (χ4n) is 3.26. The minimum absolute atomic E-state index is 0.0354. The molecule has 0 saturated carbocycles. The van der Waals surface area contributed by atoms with Crippen molar-refractivity contribution in [3.05, 3.63) is 30.3 Å². The SMILES string of the molecule is CCN(CC)C(=O)CN1CCN(C(=O)Cn2nnc(-c3ccccc3)n2)CC1. The van der Waals surface area contributed by atoms with E-state index in [1.807, 2.05) is 49.1 Å². The number of amides is 2. The summed E-state index contributed by atoms with van der Waals surface area (Å²) in [7, 11) is 0. The quantitative estimate of drug-likeness (QED) is 0.684. The molecule has 0 unspecified atom stereocenters. The highest BCUT2D eigenvalue weighted by atomic mass is 16.2. The number of rotatable bonds is 7. The normalized spacial score (nSPS) is 14.9. The van der Waals surface area contributed by atoms with E-state index in [0.29, 0.717) is 38.5 Å². The molecule has 28 heavy (non-hydrogen) atoms. The fraction of sp³-hybridized carbons (Fsp3) is 0.526. The van der Waals surface area contributed by atoms with Crippen LogP contribution in [0.2, 0.25) is 0 Å². The second-order valence-electron chi connectivity index (χ2n) is 6.73. The van der Waals surface area contributed by atoms with E-state index in [4.69, 9.17) is 0 Å². The van der Waals surface area contributed by atoms with Gasteiger partial charge in [-0.05, 0) is 19.1 Å². The van der Waals surface area contributed by atoms with Crippen LogP contribution < -0.4 is 0 Å². The molecule has 1 fully saturated rings. The summed E-state index contributed by atoms with van der Waals surface area (Å²) in [6.45, 7) is 8.49. The summed E-state index contributed by atoms with van der Waals surface area (Å²) in [6.07, 6.45) is 0. The first-order valence-corrected chi connectivity index (χ1v) is 9.71. The first-order valence-electron chi connectivity index (χ1n) is 9.71. The molecule has 9 heteroatoms. The van der Waals surface area contributed by atoms with Crippen molar-refractivity contribution in [2.75, 3.05) is 45.8 Å². The Kier molecular flexibility index (Phi) is 6.70. The number of carbonyl (C=O) groups is 2. The molecule has 0 aliphatic carbocycles. The van der Waals surface area contributed by atoms with Crippen LogP contribution in [0.15, 0.2) is 30.3 Å². The van der Waals surface area contributed by atoms with Crippen LogP contribution in [0.4, 0.5) is 0 Å². The minimum atomic E-state index is -0.0354. The van der Waals surface area contributed by atoms with E-state index in [2.05, 4.69) is 20.3 Å². The van der Waals surface area contributed by atoms with Gasteiger partial charge in [-0.1, -0.05) is 30.3 Å². The Morgan fingerprint density at radius 3 is 2.32 bits per heavy atom. The third kappa shape index (κ3) is 4.92. The van der Waals surface area contributed by atoms with Crippen molar-refractivity contribution in [2.45, 2.75) is 20.4 Å². The van der Waals surface area contributed by atoms with E-state index in [0.717, 1.165) is 18.7 Å². The van der Waals surface area contributed by atoms with E-state index in [9.17, 15) is 9.59 Å². The third-order valence-corrected chi connectivity index (χ3v) is 4.96. The Hall–Kier alpha value is -2.81. The van der Waals surface area contributed by atoms with Crippen molar-refractivity contribution >= 4 is 11.8 Å². The Labute approximate surface area is 164 Å². The molecule has 1 aliphatic heterocycles. The van der Waals surface area contributed by atoms with Crippen molar-refractivity contribution in [1.29, 1.82) is 0 Å². The molecule has 1 aliphatic rings. The van der Waals surface area contributed by atoms with E-state index in [1.54, 1.807) is 4.90 Å². The maximum Gasteiger partial charge on any atom is 0.246 e. The van der Waals surface area contributed by atoms with Gasteiger partial charge in [0.2, 0.25) is 17.6 Å². The third-order valence-electron chi connectivity index (χ3n) is 4.96. The number of likely N-dealkylation sites (N-methyl/N-ethyl adjacent to an activating group) is 1. The van der Waals surface area contributed by atoms with E-state index >= 15 is 0 Å². The number of aromatic nitrogens is 4. The van der Waals surface area contributed by atoms with Gasteiger partial charge in [-0.3, -0.25) is 14.5 Å². The topological polar surface area (TPSA) is 87.5 Å². The molecule has 2 amide bonds. The summed E-state index contributed by atoms with van der Waals surface area (Å²) >= 11 is 0. The van der Waals surface area contributed by atoms with Gasteiger partial charge in [-0.2, -0.15) is 4.80 Å². The van der Waals surface area contributed by atoms with Crippen LogP contribution in [-0.4, -0.2) is 92.5 Å². The van der Waals surface area contributed by atoms with Gasteiger partial charge < -0.3 is 9.80 Å². The van der Waals surface area contributed by atoms with Crippen molar-refractivity contribution in [2.24, 2.45) is 0 Å². The molecule has 150 valence electrons. The molecule has 3 rings (SSSR count). The molecule has 0 atom stereocenters.